The van der Waals surface area contributed by atoms with Gasteiger partial charge in [-0.2, -0.15) is 0 Å². The van der Waals surface area contributed by atoms with Gasteiger partial charge >= 0.3 is 0 Å². The first-order valence-electron chi connectivity index (χ1n) is 9.10. The molecule has 0 saturated carbocycles. The smallest absolute Gasteiger partial charge is 0.265 e. The molecular weight excluding hydrogens is 384 g/mol. The molecule has 0 unspecified atom stereocenters. The topological polar surface area (TPSA) is 58.6 Å². The largest absolute Gasteiger partial charge is 0.490 e. The summed E-state index contributed by atoms with van der Waals surface area (Å²) in [5.41, 5.74) is 2.22. The Morgan fingerprint density at radius 1 is 1.10 bits per heavy atom. The van der Waals surface area contributed by atoms with E-state index in [-0.39, 0.29) is 11.8 Å². The van der Waals surface area contributed by atoms with Crippen LogP contribution in [0.1, 0.15) is 25.6 Å². The van der Waals surface area contributed by atoms with Crippen LogP contribution in [-0.4, -0.2) is 30.4 Å². The maximum Gasteiger partial charge on any atom is 0.265 e. The molecule has 5 nitrogen and oxygen atoms in total. The molecule has 1 N–H and O–H groups in total. The number of nitrogens with zero attached hydrogens (tertiary/aromatic N) is 1. The summed E-state index contributed by atoms with van der Waals surface area (Å²) in [7, 11) is 1.76. The van der Waals surface area contributed by atoms with Gasteiger partial charge < -0.3 is 15.0 Å². The van der Waals surface area contributed by atoms with Crippen LogP contribution in [0.25, 0.3) is 0 Å². The van der Waals surface area contributed by atoms with Crippen LogP contribution in [0.3, 0.4) is 0 Å². The second kappa shape index (κ2) is 9.71. The van der Waals surface area contributed by atoms with Crippen molar-refractivity contribution in [3.05, 3.63) is 94.7 Å². The average molecular weight is 407 g/mol. The molecule has 0 atom stereocenters. The van der Waals surface area contributed by atoms with Crippen molar-refractivity contribution >= 4 is 28.8 Å². The molecule has 148 valence electrons. The Bertz CT molecular complexity index is 964. The lowest BCUT2D eigenvalue weighted by Gasteiger charge is -2.18. The van der Waals surface area contributed by atoms with Crippen LogP contribution in [0.2, 0.25) is 0 Å². The molecule has 0 bridgehead atoms. The number of carbonyl (C=O) groups is 2. The van der Waals surface area contributed by atoms with E-state index in [1.165, 1.54) is 11.3 Å². The zero-order valence-electron chi connectivity index (χ0n) is 16.1. The fourth-order valence-corrected chi connectivity index (χ4v) is 3.33. The summed E-state index contributed by atoms with van der Waals surface area (Å²) < 4.78 is 5.47. The Kier molecular flexibility index (Phi) is 6.81. The number of ether oxygens (including phenoxy) is 1. The molecule has 0 aliphatic rings. The van der Waals surface area contributed by atoms with Crippen molar-refractivity contribution in [1.82, 2.24) is 4.90 Å². The number of rotatable bonds is 8. The Hall–Kier alpha value is -3.38. The van der Waals surface area contributed by atoms with Crippen LogP contribution in [0.4, 0.5) is 5.69 Å². The molecule has 0 aliphatic heterocycles. The Morgan fingerprint density at radius 2 is 1.83 bits per heavy atom. The van der Waals surface area contributed by atoms with Gasteiger partial charge in [0, 0.05) is 24.8 Å². The van der Waals surface area contributed by atoms with Gasteiger partial charge in [-0.3, -0.25) is 9.59 Å². The summed E-state index contributed by atoms with van der Waals surface area (Å²) in [5.74, 6) is 0.521. The predicted octanol–water partition coefficient (Wildman–Crippen LogP) is 4.84. The molecule has 3 aromatic rings. The normalized spacial score (nSPS) is 10.2. The number of hydrogen-bond donors (Lipinski definition) is 1. The van der Waals surface area contributed by atoms with Gasteiger partial charge in [0.25, 0.3) is 11.8 Å². The van der Waals surface area contributed by atoms with E-state index in [4.69, 9.17) is 4.74 Å². The first kappa shape index (κ1) is 20.4. The van der Waals surface area contributed by atoms with Gasteiger partial charge in [-0.05, 0) is 53.4 Å². The van der Waals surface area contributed by atoms with E-state index < -0.39 is 0 Å². The minimum atomic E-state index is -0.156. The van der Waals surface area contributed by atoms with Crippen molar-refractivity contribution < 1.29 is 14.3 Å². The standard InChI is InChI=1S/C23H22N2O3S/c1-3-14-28-20-12-6-17(7-13-20)16-25(2)23(27)18-8-10-19(11-9-18)24-22(26)21-5-4-15-29-21/h3-13,15H,1,14,16H2,2H3,(H,24,26). The molecule has 0 aliphatic carbocycles. The number of anilines is 1. The van der Waals surface area contributed by atoms with Gasteiger partial charge in [-0.15, -0.1) is 11.3 Å². The lowest BCUT2D eigenvalue weighted by molar-refractivity contribution is 0.0785. The highest BCUT2D eigenvalue weighted by Crippen LogP contribution is 2.17. The van der Waals surface area contributed by atoms with E-state index in [0.29, 0.717) is 29.3 Å². The number of benzene rings is 2. The third-order valence-electron chi connectivity index (χ3n) is 4.19. The molecule has 0 fully saturated rings. The zero-order chi connectivity index (χ0) is 20.6. The van der Waals surface area contributed by atoms with Gasteiger partial charge in [0.1, 0.15) is 12.4 Å². The van der Waals surface area contributed by atoms with Crippen molar-refractivity contribution in [1.29, 1.82) is 0 Å². The highest BCUT2D eigenvalue weighted by Gasteiger charge is 2.13. The Morgan fingerprint density at radius 3 is 2.45 bits per heavy atom. The maximum absolute atomic E-state index is 12.7. The number of hydrogen-bond acceptors (Lipinski definition) is 4. The van der Waals surface area contributed by atoms with Gasteiger partial charge in [-0.25, -0.2) is 0 Å². The molecule has 0 radical (unpaired) electrons. The third kappa shape index (κ3) is 5.56. The average Bonchev–Trinajstić information content (AvgIpc) is 3.28. The fourth-order valence-electron chi connectivity index (χ4n) is 2.71. The highest BCUT2D eigenvalue weighted by atomic mass is 32.1. The SMILES string of the molecule is C=CCOc1ccc(CN(C)C(=O)c2ccc(NC(=O)c3cccs3)cc2)cc1. The third-order valence-corrected chi connectivity index (χ3v) is 5.06. The maximum atomic E-state index is 12.7. The number of carbonyl (C=O) groups excluding carboxylic acids is 2. The lowest BCUT2D eigenvalue weighted by Crippen LogP contribution is -2.26. The molecule has 0 spiro atoms. The van der Waals surface area contributed by atoms with Crippen molar-refractivity contribution in [2.45, 2.75) is 6.54 Å². The summed E-state index contributed by atoms with van der Waals surface area (Å²) in [6.07, 6.45) is 1.69. The van der Waals surface area contributed by atoms with E-state index in [1.54, 1.807) is 48.4 Å². The van der Waals surface area contributed by atoms with Gasteiger partial charge in [0.2, 0.25) is 0 Å². The van der Waals surface area contributed by atoms with E-state index >= 15 is 0 Å². The van der Waals surface area contributed by atoms with Crippen LogP contribution >= 0.6 is 11.3 Å². The van der Waals surface area contributed by atoms with Gasteiger partial charge in [0.05, 0.1) is 4.88 Å². The monoisotopic (exact) mass is 406 g/mol. The van der Waals surface area contributed by atoms with E-state index in [0.717, 1.165) is 11.3 Å². The quantitative estimate of drug-likeness (QED) is 0.545. The summed E-state index contributed by atoms with van der Waals surface area (Å²) in [5, 5.41) is 4.68. The van der Waals surface area contributed by atoms with Crippen LogP contribution in [0.5, 0.6) is 5.75 Å². The van der Waals surface area contributed by atoms with Crippen LogP contribution in [0.15, 0.2) is 78.7 Å². The zero-order valence-corrected chi connectivity index (χ0v) is 16.9. The van der Waals surface area contributed by atoms with Crippen LogP contribution in [-0.2, 0) is 6.54 Å². The molecule has 1 heterocycles. The molecule has 6 heteroatoms. The fraction of sp³-hybridized carbons (Fsp3) is 0.130. The predicted molar refractivity (Wildman–Crippen MR) is 117 cm³/mol. The summed E-state index contributed by atoms with van der Waals surface area (Å²) >= 11 is 1.38. The molecule has 2 amide bonds. The number of thiophene rings is 1. The first-order chi connectivity index (χ1) is 14.1. The summed E-state index contributed by atoms with van der Waals surface area (Å²) in [6.45, 7) is 4.57. The Labute approximate surface area is 174 Å². The van der Waals surface area contributed by atoms with Crippen LogP contribution in [0, 0.1) is 0 Å². The summed E-state index contributed by atoms with van der Waals surface area (Å²) in [6, 6.07) is 18.1. The van der Waals surface area contributed by atoms with Crippen molar-refractivity contribution in [3.8, 4) is 5.75 Å². The second-order valence-corrected chi connectivity index (χ2v) is 7.36. The Balaban J connectivity index is 1.57. The minimum Gasteiger partial charge on any atom is -0.490 e. The van der Waals surface area contributed by atoms with E-state index in [9.17, 15) is 9.59 Å². The minimum absolute atomic E-state index is 0.0897. The number of amides is 2. The number of nitrogens with one attached hydrogen (secondary N) is 1. The van der Waals surface area contributed by atoms with Crippen molar-refractivity contribution in [3.63, 3.8) is 0 Å². The van der Waals surface area contributed by atoms with Crippen molar-refractivity contribution in [2.24, 2.45) is 0 Å². The first-order valence-corrected chi connectivity index (χ1v) is 9.98. The summed E-state index contributed by atoms with van der Waals surface area (Å²) in [4.78, 5) is 27.1. The van der Waals surface area contributed by atoms with E-state index in [1.807, 2.05) is 35.7 Å². The van der Waals surface area contributed by atoms with Gasteiger partial charge in [-0.1, -0.05) is 30.9 Å². The molecular formula is C23H22N2O3S. The van der Waals surface area contributed by atoms with E-state index in [2.05, 4.69) is 11.9 Å². The van der Waals surface area contributed by atoms with Gasteiger partial charge in [0.15, 0.2) is 0 Å². The molecule has 3 rings (SSSR count). The molecule has 0 saturated heterocycles. The van der Waals surface area contributed by atoms with Crippen molar-refractivity contribution in [2.75, 3.05) is 19.0 Å². The molecule has 2 aromatic carbocycles. The molecule has 1 aromatic heterocycles. The lowest BCUT2D eigenvalue weighted by atomic mass is 10.1. The second-order valence-electron chi connectivity index (χ2n) is 6.41. The van der Waals surface area contributed by atoms with Crippen LogP contribution < -0.4 is 10.1 Å². The highest BCUT2D eigenvalue weighted by molar-refractivity contribution is 7.12. The molecule has 29 heavy (non-hydrogen) atoms.